The number of hydrogen-bond acceptors (Lipinski definition) is 4. The van der Waals surface area contributed by atoms with Crippen LogP contribution in [0, 0.1) is 5.92 Å². The molecule has 1 amide bonds. The molecule has 1 saturated carbocycles. The SMILES string of the molecule is CC(C)c1nc(C(=O)N2CCCCC[C@@H]2[C@H]2CCCCC2=O)cs1. The smallest absolute Gasteiger partial charge is 0.273 e. The van der Waals surface area contributed by atoms with Gasteiger partial charge in [-0.2, -0.15) is 0 Å². The van der Waals surface area contributed by atoms with Crippen molar-refractivity contribution in [1.29, 1.82) is 0 Å². The van der Waals surface area contributed by atoms with Crippen LogP contribution in [0.15, 0.2) is 5.38 Å². The lowest BCUT2D eigenvalue weighted by molar-refractivity contribution is -0.126. The average Bonchev–Trinajstić information content (AvgIpc) is 2.94. The van der Waals surface area contributed by atoms with Crippen molar-refractivity contribution in [3.63, 3.8) is 0 Å². The average molecular weight is 349 g/mol. The highest BCUT2D eigenvalue weighted by Gasteiger charge is 2.37. The Morgan fingerprint density at radius 2 is 2.00 bits per heavy atom. The number of nitrogens with zero attached hydrogens (tertiary/aromatic N) is 2. The van der Waals surface area contributed by atoms with Crippen molar-refractivity contribution in [2.24, 2.45) is 5.92 Å². The van der Waals surface area contributed by atoms with E-state index in [1.54, 1.807) is 11.3 Å². The maximum atomic E-state index is 13.1. The number of carbonyl (C=O) groups excluding carboxylic acids is 2. The molecule has 0 N–H and O–H groups in total. The molecule has 24 heavy (non-hydrogen) atoms. The van der Waals surface area contributed by atoms with Gasteiger partial charge in [-0.05, 0) is 25.7 Å². The van der Waals surface area contributed by atoms with Gasteiger partial charge in [0.25, 0.3) is 5.91 Å². The summed E-state index contributed by atoms with van der Waals surface area (Å²) in [5, 5.41) is 2.90. The highest BCUT2D eigenvalue weighted by molar-refractivity contribution is 7.09. The van der Waals surface area contributed by atoms with Crippen LogP contribution in [0.1, 0.15) is 86.6 Å². The van der Waals surface area contributed by atoms with Gasteiger partial charge in [-0.3, -0.25) is 9.59 Å². The number of hydrogen-bond donors (Lipinski definition) is 0. The second-order valence-electron chi connectivity index (χ2n) is 7.46. The minimum absolute atomic E-state index is 0.0309. The maximum Gasteiger partial charge on any atom is 0.273 e. The lowest BCUT2D eigenvalue weighted by atomic mass is 9.80. The molecule has 1 aliphatic heterocycles. The highest BCUT2D eigenvalue weighted by atomic mass is 32.1. The zero-order chi connectivity index (χ0) is 17.1. The van der Waals surface area contributed by atoms with Crippen molar-refractivity contribution < 1.29 is 9.59 Å². The van der Waals surface area contributed by atoms with Crippen molar-refractivity contribution in [1.82, 2.24) is 9.88 Å². The van der Waals surface area contributed by atoms with E-state index in [0.29, 0.717) is 23.8 Å². The first-order valence-corrected chi connectivity index (χ1v) is 10.2. The maximum absolute atomic E-state index is 13.1. The highest BCUT2D eigenvalue weighted by Crippen LogP contribution is 2.32. The third kappa shape index (κ3) is 3.71. The summed E-state index contributed by atoms with van der Waals surface area (Å²) in [7, 11) is 0. The molecule has 1 aromatic heterocycles. The van der Waals surface area contributed by atoms with Crippen LogP contribution < -0.4 is 0 Å². The zero-order valence-corrected chi connectivity index (χ0v) is 15.6. The van der Waals surface area contributed by atoms with Crippen LogP contribution >= 0.6 is 11.3 Å². The van der Waals surface area contributed by atoms with Crippen LogP contribution in [0.25, 0.3) is 0 Å². The van der Waals surface area contributed by atoms with Crippen LogP contribution in [-0.4, -0.2) is 34.2 Å². The lowest BCUT2D eigenvalue weighted by Crippen LogP contribution is -2.47. The van der Waals surface area contributed by atoms with Gasteiger partial charge in [0.05, 0.1) is 5.01 Å². The second kappa shape index (κ2) is 7.77. The van der Waals surface area contributed by atoms with E-state index in [1.807, 2.05) is 10.3 Å². The van der Waals surface area contributed by atoms with E-state index >= 15 is 0 Å². The van der Waals surface area contributed by atoms with E-state index in [0.717, 1.165) is 56.5 Å². The fraction of sp³-hybridized carbons (Fsp3) is 0.737. The molecule has 1 aliphatic carbocycles. The first kappa shape index (κ1) is 17.6. The van der Waals surface area contributed by atoms with E-state index in [9.17, 15) is 9.59 Å². The Balaban J connectivity index is 1.83. The first-order valence-electron chi connectivity index (χ1n) is 9.37. The molecule has 4 nitrogen and oxygen atoms in total. The molecule has 1 aromatic rings. The van der Waals surface area contributed by atoms with E-state index in [2.05, 4.69) is 18.8 Å². The first-order chi connectivity index (χ1) is 11.6. The van der Waals surface area contributed by atoms with E-state index < -0.39 is 0 Å². The Morgan fingerprint density at radius 1 is 1.21 bits per heavy atom. The van der Waals surface area contributed by atoms with Gasteiger partial charge in [0.15, 0.2) is 0 Å². The monoisotopic (exact) mass is 348 g/mol. The van der Waals surface area contributed by atoms with Crippen LogP contribution in [-0.2, 0) is 4.79 Å². The van der Waals surface area contributed by atoms with Gasteiger partial charge >= 0.3 is 0 Å². The third-order valence-electron chi connectivity index (χ3n) is 5.36. The summed E-state index contributed by atoms with van der Waals surface area (Å²) in [4.78, 5) is 32.1. The minimum Gasteiger partial charge on any atom is -0.334 e. The Bertz CT molecular complexity index is 596. The normalized spacial score (nSPS) is 25.8. The van der Waals surface area contributed by atoms with Gasteiger partial charge in [-0.15, -0.1) is 11.3 Å². The van der Waals surface area contributed by atoms with Gasteiger partial charge < -0.3 is 4.90 Å². The van der Waals surface area contributed by atoms with Crippen molar-refractivity contribution in [2.45, 2.75) is 77.2 Å². The summed E-state index contributed by atoms with van der Waals surface area (Å²) in [6.45, 7) is 4.97. The molecule has 2 aliphatic rings. The molecule has 0 aromatic carbocycles. The molecule has 5 heteroatoms. The van der Waals surface area contributed by atoms with Crippen molar-refractivity contribution in [3.05, 3.63) is 16.1 Å². The number of likely N-dealkylation sites (tertiary alicyclic amines) is 1. The van der Waals surface area contributed by atoms with Crippen LogP contribution in [0.4, 0.5) is 0 Å². The van der Waals surface area contributed by atoms with E-state index in [4.69, 9.17) is 0 Å². The molecule has 2 atom stereocenters. The van der Waals surface area contributed by atoms with Crippen LogP contribution in [0.2, 0.25) is 0 Å². The molecule has 2 heterocycles. The molecular formula is C19H28N2O2S. The topological polar surface area (TPSA) is 50.3 Å². The third-order valence-corrected chi connectivity index (χ3v) is 6.51. The molecule has 1 saturated heterocycles. The summed E-state index contributed by atoms with van der Waals surface area (Å²) in [6, 6.07) is 0.0806. The summed E-state index contributed by atoms with van der Waals surface area (Å²) < 4.78 is 0. The lowest BCUT2D eigenvalue weighted by Gasteiger charge is -2.36. The van der Waals surface area contributed by atoms with E-state index in [-0.39, 0.29) is 17.9 Å². The quantitative estimate of drug-likeness (QED) is 0.813. The predicted octanol–water partition coefficient (Wildman–Crippen LogP) is 4.41. The van der Waals surface area contributed by atoms with Gasteiger partial charge in [-0.25, -0.2) is 4.98 Å². The van der Waals surface area contributed by atoms with Gasteiger partial charge in [-0.1, -0.05) is 33.1 Å². The molecule has 3 rings (SSSR count). The number of rotatable bonds is 3. The number of ketones is 1. The van der Waals surface area contributed by atoms with Crippen molar-refractivity contribution >= 4 is 23.0 Å². The molecule has 2 fully saturated rings. The van der Waals surface area contributed by atoms with Gasteiger partial charge in [0.1, 0.15) is 11.5 Å². The Labute approximate surface area is 148 Å². The Morgan fingerprint density at radius 3 is 2.71 bits per heavy atom. The number of Topliss-reactive ketones (excluding diaryl/α,β-unsaturated/α-hetero) is 1. The summed E-state index contributed by atoms with van der Waals surface area (Å²) >= 11 is 1.57. The predicted molar refractivity (Wildman–Crippen MR) is 96.5 cm³/mol. The molecule has 0 spiro atoms. The molecule has 0 bridgehead atoms. The number of amides is 1. The van der Waals surface area contributed by atoms with Crippen molar-refractivity contribution in [2.75, 3.05) is 6.54 Å². The second-order valence-corrected chi connectivity index (χ2v) is 8.35. The molecule has 132 valence electrons. The van der Waals surface area contributed by atoms with Gasteiger partial charge in [0, 0.05) is 36.2 Å². The number of carbonyl (C=O) groups is 2. The molecular weight excluding hydrogens is 320 g/mol. The molecule has 0 unspecified atom stereocenters. The number of aromatic nitrogens is 1. The Hall–Kier alpha value is -1.23. The number of thiazole rings is 1. The van der Waals surface area contributed by atoms with Crippen LogP contribution in [0.3, 0.4) is 0 Å². The Kier molecular flexibility index (Phi) is 5.69. The fourth-order valence-corrected chi connectivity index (χ4v) is 4.83. The zero-order valence-electron chi connectivity index (χ0n) is 14.8. The fourth-order valence-electron chi connectivity index (χ4n) is 4.02. The molecule has 0 radical (unpaired) electrons. The largest absolute Gasteiger partial charge is 0.334 e. The summed E-state index contributed by atoms with van der Waals surface area (Å²) in [6.07, 6.45) is 8.03. The standard InChI is InChI=1S/C19H28N2O2S/c1-13(2)18-20-15(12-24-18)19(23)21-11-7-3-4-9-16(21)14-8-5-6-10-17(14)22/h12-14,16H,3-11H2,1-2H3/t14-,16-/m1/s1. The summed E-state index contributed by atoms with van der Waals surface area (Å²) in [5.74, 6) is 0.788. The van der Waals surface area contributed by atoms with E-state index in [1.165, 1.54) is 0 Å². The summed E-state index contributed by atoms with van der Waals surface area (Å²) in [5.41, 5.74) is 0.568. The van der Waals surface area contributed by atoms with Gasteiger partial charge in [0.2, 0.25) is 0 Å². The van der Waals surface area contributed by atoms with Crippen LogP contribution in [0.5, 0.6) is 0 Å². The van der Waals surface area contributed by atoms with Crippen molar-refractivity contribution in [3.8, 4) is 0 Å². The minimum atomic E-state index is 0.0309.